The van der Waals surface area contributed by atoms with E-state index in [9.17, 15) is 9.59 Å². The molecular weight excluding hydrogens is 438 g/mol. The van der Waals surface area contributed by atoms with Crippen LogP contribution in [0.25, 0.3) is 0 Å². The van der Waals surface area contributed by atoms with E-state index in [-0.39, 0.29) is 41.0 Å². The number of anilines is 1. The summed E-state index contributed by atoms with van der Waals surface area (Å²) >= 11 is 0. The van der Waals surface area contributed by atoms with Crippen molar-refractivity contribution in [3.05, 3.63) is 64.7 Å². The minimum Gasteiger partial charge on any atom is -0.370 e. The Kier molecular flexibility index (Phi) is 9.48. The molecule has 0 fully saturated rings. The van der Waals surface area contributed by atoms with E-state index in [1.165, 1.54) is 0 Å². The summed E-state index contributed by atoms with van der Waals surface area (Å²) in [5, 5.41) is 5.67. The van der Waals surface area contributed by atoms with Crippen molar-refractivity contribution in [3.63, 3.8) is 0 Å². The standard InChI is InChI=1S/C25H35N5O2.ClH/c1-24(2,3)18-13-17(14-19(15-18)25(4,5)6)22(32)30-20-9-7-16(8-10-20)21(31)28-11-12-29-23(26)27;/h7-10,13-15H,11-12H2,1-6H3,(H,28,31)(H,30,32)(H4,26,27,29);1H. The van der Waals surface area contributed by atoms with Crippen LogP contribution in [0.15, 0.2) is 47.5 Å². The topological polar surface area (TPSA) is 123 Å². The molecule has 0 aliphatic rings. The molecule has 0 bridgehead atoms. The highest BCUT2D eigenvalue weighted by Gasteiger charge is 2.22. The second kappa shape index (κ2) is 11.2. The lowest BCUT2D eigenvalue weighted by Gasteiger charge is -2.26. The lowest BCUT2D eigenvalue weighted by Crippen LogP contribution is -2.28. The molecule has 6 N–H and O–H groups in total. The number of halogens is 1. The molecule has 33 heavy (non-hydrogen) atoms. The average molecular weight is 474 g/mol. The third kappa shape index (κ3) is 8.42. The molecule has 0 spiro atoms. The van der Waals surface area contributed by atoms with Gasteiger partial charge in [0.2, 0.25) is 0 Å². The summed E-state index contributed by atoms with van der Waals surface area (Å²) in [4.78, 5) is 29.0. The third-order valence-electron chi connectivity index (χ3n) is 5.02. The molecule has 7 nitrogen and oxygen atoms in total. The summed E-state index contributed by atoms with van der Waals surface area (Å²) in [5.74, 6) is -0.431. The van der Waals surface area contributed by atoms with Crippen molar-refractivity contribution in [1.29, 1.82) is 0 Å². The van der Waals surface area contributed by atoms with Gasteiger partial charge in [0, 0.05) is 23.4 Å². The number of guanidine groups is 1. The summed E-state index contributed by atoms with van der Waals surface area (Å²) in [7, 11) is 0. The number of nitrogens with zero attached hydrogens (tertiary/aromatic N) is 1. The van der Waals surface area contributed by atoms with Crippen molar-refractivity contribution in [2.75, 3.05) is 18.4 Å². The monoisotopic (exact) mass is 473 g/mol. The Hall–Kier alpha value is -3.06. The van der Waals surface area contributed by atoms with Crippen LogP contribution in [-0.2, 0) is 10.8 Å². The molecule has 2 aromatic carbocycles. The minimum atomic E-state index is -0.235. The van der Waals surface area contributed by atoms with Crippen LogP contribution in [0.1, 0.15) is 73.4 Å². The highest BCUT2D eigenvalue weighted by molar-refractivity contribution is 6.05. The first-order valence-corrected chi connectivity index (χ1v) is 10.7. The fraction of sp³-hybridized carbons (Fsp3) is 0.400. The van der Waals surface area contributed by atoms with Gasteiger partial charge >= 0.3 is 0 Å². The summed E-state index contributed by atoms with van der Waals surface area (Å²) in [6, 6.07) is 12.8. The van der Waals surface area contributed by atoms with Gasteiger partial charge in [-0.3, -0.25) is 14.6 Å². The number of nitrogens with two attached hydrogens (primary N) is 2. The molecular formula is C25H36ClN5O2. The van der Waals surface area contributed by atoms with Crippen molar-refractivity contribution < 1.29 is 9.59 Å². The number of carbonyl (C=O) groups is 2. The first-order chi connectivity index (χ1) is 14.8. The first-order valence-electron chi connectivity index (χ1n) is 10.7. The van der Waals surface area contributed by atoms with E-state index in [1.807, 2.05) is 12.1 Å². The molecule has 0 aliphatic carbocycles. The predicted octanol–water partition coefficient (Wildman–Crippen LogP) is 3.96. The van der Waals surface area contributed by atoms with Gasteiger partial charge in [-0.2, -0.15) is 0 Å². The molecule has 2 amide bonds. The van der Waals surface area contributed by atoms with Crippen molar-refractivity contribution in [2.45, 2.75) is 52.4 Å². The maximum atomic E-state index is 13.0. The molecule has 2 rings (SSSR count). The van der Waals surface area contributed by atoms with E-state index < -0.39 is 0 Å². The van der Waals surface area contributed by atoms with Crippen LogP contribution >= 0.6 is 12.4 Å². The largest absolute Gasteiger partial charge is 0.370 e. The molecule has 2 aromatic rings. The Morgan fingerprint density at radius 2 is 1.33 bits per heavy atom. The van der Waals surface area contributed by atoms with E-state index in [0.717, 1.165) is 11.1 Å². The number of nitrogens with one attached hydrogen (secondary N) is 2. The second-order valence-corrected chi connectivity index (χ2v) is 9.89. The fourth-order valence-electron chi connectivity index (χ4n) is 2.99. The lowest BCUT2D eigenvalue weighted by atomic mass is 9.79. The molecule has 180 valence electrons. The van der Waals surface area contributed by atoms with E-state index >= 15 is 0 Å². The number of aliphatic imine (C=N–C) groups is 1. The summed E-state index contributed by atoms with van der Waals surface area (Å²) < 4.78 is 0. The Labute approximate surface area is 202 Å². The second-order valence-electron chi connectivity index (χ2n) is 9.89. The number of hydrogen-bond donors (Lipinski definition) is 4. The van der Waals surface area contributed by atoms with Gasteiger partial charge in [-0.05, 0) is 58.4 Å². The van der Waals surface area contributed by atoms with Gasteiger partial charge in [-0.15, -0.1) is 12.4 Å². The normalized spacial score (nSPS) is 11.2. The van der Waals surface area contributed by atoms with Gasteiger partial charge in [0.25, 0.3) is 11.8 Å². The first kappa shape index (κ1) is 28.0. The molecule has 0 atom stereocenters. The van der Waals surface area contributed by atoms with Gasteiger partial charge in [0.1, 0.15) is 0 Å². The van der Waals surface area contributed by atoms with Gasteiger partial charge in [0.15, 0.2) is 5.96 Å². The Bertz CT molecular complexity index is 967. The van der Waals surface area contributed by atoms with Gasteiger partial charge < -0.3 is 22.1 Å². The van der Waals surface area contributed by atoms with Crippen molar-refractivity contribution >= 4 is 35.9 Å². The number of carbonyl (C=O) groups excluding carboxylic acids is 2. The molecule has 0 heterocycles. The Morgan fingerprint density at radius 1 is 0.818 bits per heavy atom. The van der Waals surface area contributed by atoms with Crippen LogP contribution in [0.3, 0.4) is 0 Å². The van der Waals surface area contributed by atoms with E-state index in [2.05, 4.69) is 63.2 Å². The Morgan fingerprint density at radius 3 is 1.79 bits per heavy atom. The summed E-state index contributed by atoms with van der Waals surface area (Å²) in [6.07, 6.45) is 0. The van der Waals surface area contributed by atoms with E-state index in [1.54, 1.807) is 24.3 Å². The third-order valence-corrected chi connectivity index (χ3v) is 5.02. The number of rotatable bonds is 6. The lowest BCUT2D eigenvalue weighted by molar-refractivity contribution is 0.0954. The molecule has 0 saturated heterocycles. The quantitative estimate of drug-likeness (QED) is 0.288. The predicted molar refractivity (Wildman–Crippen MR) is 138 cm³/mol. The highest BCUT2D eigenvalue weighted by atomic mass is 35.5. The van der Waals surface area contributed by atoms with Crippen LogP contribution in [-0.4, -0.2) is 30.9 Å². The smallest absolute Gasteiger partial charge is 0.255 e. The van der Waals surface area contributed by atoms with Crippen molar-refractivity contribution in [2.24, 2.45) is 16.5 Å². The van der Waals surface area contributed by atoms with Crippen LogP contribution in [0, 0.1) is 0 Å². The zero-order chi connectivity index (χ0) is 24.1. The van der Waals surface area contributed by atoms with Crippen LogP contribution in [0.4, 0.5) is 5.69 Å². The van der Waals surface area contributed by atoms with Gasteiger partial charge in [0.05, 0.1) is 6.54 Å². The summed E-state index contributed by atoms with van der Waals surface area (Å²) in [5.41, 5.74) is 14.3. The molecule has 0 aliphatic heterocycles. The van der Waals surface area contributed by atoms with Crippen LogP contribution in [0.2, 0.25) is 0 Å². The number of benzene rings is 2. The highest BCUT2D eigenvalue weighted by Crippen LogP contribution is 2.30. The maximum absolute atomic E-state index is 13.0. The summed E-state index contributed by atoms with van der Waals surface area (Å²) in [6.45, 7) is 13.5. The molecule has 0 aromatic heterocycles. The van der Waals surface area contributed by atoms with E-state index in [4.69, 9.17) is 11.5 Å². The van der Waals surface area contributed by atoms with E-state index in [0.29, 0.717) is 29.9 Å². The minimum absolute atomic E-state index is 0. The van der Waals surface area contributed by atoms with Gasteiger partial charge in [-0.25, -0.2) is 0 Å². The molecule has 0 saturated carbocycles. The van der Waals surface area contributed by atoms with Crippen LogP contribution in [0.5, 0.6) is 0 Å². The zero-order valence-corrected chi connectivity index (χ0v) is 21.1. The maximum Gasteiger partial charge on any atom is 0.255 e. The van der Waals surface area contributed by atoms with Crippen molar-refractivity contribution in [1.82, 2.24) is 5.32 Å². The molecule has 0 radical (unpaired) electrons. The van der Waals surface area contributed by atoms with Gasteiger partial charge in [-0.1, -0.05) is 47.6 Å². The SMILES string of the molecule is CC(C)(C)c1cc(C(=O)Nc2ccc(C(=O)NCCN=C(N)N)cc2)cc(C(C)(C)C)c1.Cl. The average Bonchev–Trinajstić information content (AvgIpc) is 2.69. The fourth-order valence-corrected chi connectivity index (χ4v) is 2.99. The molecule has 8 heteroatoms. The van der Waals surface area contributed by atoms with Crippen LogP contribution < -0.4 is 22.1 Å². The molecule has 0 unspecified atom stereocenters. The van der Waals surface area contributed by atoms with Crippen molar-refractivity contribution in [3.8, 4) is 0 Å². The number of amides is 2. The number of hydrogen-bond acceptors (Lipinski definition) is 3. The Balaban J connectivity index is 0.00000544. The zero-order valence-electron chi connectivity index (χ0n) is 20.3.